The average Bonchev–Trinajstić information content (AvgIpc) is 2.94. The number of fused-ring (bicyclic) bond motifs is 1. The molecule has 0 saturated carbocycles. The Labute approximate surface area is 99.8 Å². The van der Waals surface area contributed by atoms with Crippen LogP contribution in [0.15, 0.2) is 18.3 Å². The third-order valence-electron chi connectivity index (χ3n) is 3.07. The van der Waals surface area contributed by atoms with Crippen molar-refractivity contribution in [1.29, 1.82) is 0 Å². The second kappa shape index (κ2) is 4.33. The maximum atomic E-state index is 5.33. The van der Waals surface area contributed by atoms with Crippen LogP contribution in [0.3, 0.4) is 0 Å². The van der Waals surface area contributed by atoms with Crippen LogP contribution in [0.1, 0.15) is 12.0 Å². The SMILES string of the molecule is Cc1ccn2nc(NCC3CCOC3)nc2c1. The van der Waals surface area contributed by atoms with E-state index in [0.29, 0.717) is 11.9 Å². The van der Waals surface area contributed by atoms with Gasteiger partial charge in [0.2, 0.25) is 5.95 Å². The average molecular weight is 232 g/mol. The van der Waals surface area contributed by atoms with Gasteiger partial charge in [0.25, 0.3) is 0 Å². The molecular formula is C12H16N4O. The van der Waals surface area contributed by atoms with Crippen LogP contribution in [0.4, 0.5) is 5.95 Å². The Balaban J connectivity index is 1.72. The fourth-order valence-corrected chi connectivity index (χ4v) is 2.04. The van der Waals surface area contributed by atoms with Crippen LogP contribution in [-0.2, 0) is 4.74 Å². The highest BCUT2D eigenvalue weighted by molar-refractivity contribution is 5.45. The third kappa shape index (κ3) is 2.24. The van der Waals surface area contributed by atoms with Gasteiger partial charge < -0.3 is 10.1 Å². The lowest BCUT2D eigenvalue weighted by Gasteiger charge is -2.06. The number of ether oxygens (including phenoxy) is 1. The molecule has 1 aliphatic rings. The number of hydrogen-bond acceptors (Lipinski definition) is 4. The number of aryl methyl sites for hydroxylation is 1. The number of nitrogens with one attached hydrogen (secondary N) is 1. The fraction of sp³-hybridized carbons (Fsp3) is 0.500. The lowest BCUT2D eigenvalue weighted by atomic mass is 10.1. The number of anilines is 1. The van der Waals surface area contributed by atoms with Crippen LogP contribution in [0, 0.1) is 12.8 Å². The van der Waals surface area contributed by atoms with Crippen molar-refractivity contribution in [1.82, 2.24) is 14.6 Å². The van der Waals surface area contributed by atoms with E-state index in [9.17, 15) is 0 Å². The molecule has 0 amide bonds. The maximum absolute atomic E-state index is 5.33. The van der Waals surface area contributed by atoms with Gasteiger partial charge in [-0.15, -0.1) is 5.10 Å². The Kier molecular flexibility index (Phi) is 2.68. The Morgan fingerprint density at radius 2 is 2.53 bits per heavy atom. The highest BCUT2D eigenvalue weighted by Crippen LogP contribution is 2.13. The first-order chi connectivity index (χ1) is 8.31. The minimum Gasteiger partial charge on any atom is -0.381 e. The zero-order chi connectivity index (χ0) is 11.7. The molecule has 1 fully saturated rings. The molecule has 3 heterocycles. The molecule has 1 N–H and O–H groups in total. The van der Waals surface area contributed by atoms with Crippen LogP contribution < -0.4 is 5.32 Å². The molecule has 1 atom stereocenters. The predicted octanol–water partition coefficient (Wildman–Crippen LogP) is 1.49. The molecule has 0 aliphatic carbocycles. The summed E-state index contributed by atoms with van der Waals surface area (Å²) in [5, 5.41) is 7.64. The zero-order valence-corrected chi connectivity index (χ0v) is 9.89. The number of hydrogen-bond donors (Lipinski definition) is 1. The van der Waals surface area contributed by atoms with E-state index in [-0.39, 0.29) is 0 Å². The summed E-state index contributed by atoms with van der Waals surface area (Å²) in [5.74, 6) is 1.28. The zero-order valence-electron chi connectivity index (χ0n) is 9.89. The molecule has 2 aromatic heterocycles. The van der Waals surface area contributed by atoms with Gasteiger partial charge in [0, 0.05) is 25.3 Å². The topological polar surface area (TPSA) is 51.5 Å². The normalized spacial score (nSPS) is 19.9. The van der Waals surface area contributed by atoms with Crippen LogP contribution >= 0.6 is 0 Å². The molecule has 5 heteroatoms. The summed E-state index contributed by atoms with van der Waals surface area (Å²) >= 11 is 0. The molecule has 0 radical (unpaired) electrons. The van der Waals surface area contributed by atoms with E-state index in [1.165, 1.54) is 5.56 Å². The van der Waals surface area contributed by atoms with Crippen molar-refractivity contribution in [3.63, 3.8) is 0 Å². The molecule has 0 bridgehead atoms. The van der Waals surface area contributed by atoms with Crippen molar-refractivity contribution in [2.45, 2.75) is 13.3 Å². The van der Waals surface area contributed by atoms with Crippen LogP contribution in [0.25, 0.3) is 5.65 Å². The van der Waals surface area contributed by atoms with E-state index in [2.05, 4.69) is 22.3 Å². The van der Waals surface area contributed by atoms with E-state index >= 15 is 0 Å². The standard InChI is InChI=1S/C12H16N4O/c1-9-2-4-16-11(6-9)14-12(15-16)13-7-10-3-5-17-8-10/h2,4,6,10H,3,5,7-8H2,1H3,(H,13,15). The van der Waals surface area contributed by atoms with E-state index < -0.39 is 0 Å². The number of rotatable bonds is 3. The highest BCUT2D eigenvalue weighted by Gasteiger charge is 2.15. The summed E-state index contributed by atoms with van der Waals surface area (Å²) in [5.41, 5.74) is 2.08. The van der Waals surface area contributed by atoms with Gasteiger partial charge in [-0.25, -0.2) is 4.52 Å². The van der Waals surface area contributed by atoms with Crippen LogP contribution in [0.5, 0.6) is 0 Å². The number of pyridine rings is 1. The molecule has 90 valence electrons. The molecule has 2 aromatic rings. The van der Waals surface area contributed by atoms with Gasteiger partial charge in [0.05, 0.1) is 6.61 Å². The second-order valence-corrected chi connectivity index (χ2v) is 4.55. The van der Waals surface area contributed by atoms with Gasteiger partial charge in [-0.3, -0.25) is 0 Å². The molecule has 17 heavy (non-hydrogen) atoms. The Morgan fingerprint density at radius 1 is 1.59 bits per heavy atom. The number of aromatic nitrogens is 3. The molecule has 1 saturated heterocycles. The van der Waals surface area contributed by atoms with Crippen molar-refractivity contribution in [3.8, 4) is 0 Å². The largest absolute Gasteiger partial charge is 0.381 e. The quantitative estimate of drug-likeness (QED) is 0.871. The predicted molar refractivity (Wildman–Crippen MR) is 65.1 cm³/mol. The van der Waals surface area contributed by atoms with Crippen molar-refractivity contribution in [2.24, 2.45) is 5.92 Å². The Morgan fingerprint density at radius 3 is 3.35 bits per heavy atom. The molecule has 3 rings (SSSR count). The Bertz CT molecular complexity index is 516. The minimum atomic E-state index is 0.586. The monoisotopic (exact) mass is 232 g/mol. The summed E-state index contributed by atoms with van der Waals surface area (Å²) in [7, 11) is 0. The first-order valence-corrected chi connectivity index (χ1v) is 5.96. The van der Waals surface area contributed by atoms with Crippen molar-refractivity contribution in [3.05, 3.63) is 23.9 Å². The minimum absolute atomic E-state index is 0.586. The summed E-state index contributed by atoms with van der Waals surface area (Å²) in [6.45, 7) is 4.66. The van der Waals surface area contributed by atoms with Gasteiger partial charge in [-0.05, 0) is 31.0 Å². The third-order valence-corrected chi connectivity index (χ3v) is 3.07. The van der Waals surface area contributed by atoms with Crippen molar-refractivity contribution in [2.75, 3.05) is 25.1 Å². The highest BCUT2D eigenvalue weighted by atomic mass is 16.5. The second-order valence-electron chi connectivity index (χ2n) is 4.55. The summed E-state index contributed by atoms with van der Waals surface area (Å²) in [6.07, 6.45) is 3.06. The smallest absolute Gasteiger partial charge is 0.243 e. The molecule has 0 aromatic carbocycles. The van der Waals surface area contributed by atoms with E-state index in [0.717, 1.165) is 31.8 Å². The van der Waals surface area contributed by atoms with Crippen LogP contribution in [-0.4, -0.2) is 34.4 Å². The molecule has 0 spiro atoms. The summed E-state index contributed by atoms with van der Waals surface area (Å²) < 4.78 is 7.13. The Hall–Kier alpha value is -1.62. The summed E-state index contributed by atoms with van der Waals surface area (Å²) in [6, 6.07) is 4.05. The molecule has 5 nitrogen and oxygen atoms in total. The summed E-state index contributed by atoms with van der Waals surface area (Å²) in [4.78, 5) is 4.43. The van der Waals surface area contributed by atoms with Gasteiger partial charge in [-0.1, -0.05) is 0 Å². The van der Waals surface area contributed by atoms with E-state index in [4.69, 9.17) is 4.74 Å². The van der Waals surface area contributed by atoms with E-state index in [1.807, 2.05) is 18.3 Å². The van der Waals surface area contributed by atoms with Crippen molar-refractivity contribution >= 4 is 11.6 Å². The van der Waals surface area contributed by atoms with Gasteiger partial charge in [0.15, 0.2) is 5.65 Å². The lowest BCUT2D eigenvalue weighted by molar-refractivity contribution is 0.187. The molecular weight excluding hydrogens is 216 g/mol. The molecule has 1 unspecified atom stereocenters. The molecule has 1 aliphatic heterocycles. The first kappa shape index (κ1) is 10.5. The fourth-order valence-electron chi connectivity index (χ4n) is 2.04. The van der Waals surface area contributed by atoms with Gasteiger partial charge in [-0.2, -0.15) is 4.98 Å². The van der Waals surface area contributed by atoms with Crippen molar-refractivity contribution < 1.29 is 4.74 Å². The number of nitrogens with zero attached hydrogens (tertiary/aromatic N) is 3. The van der Waals surface area contributed by atoms with Crippen LogP contribution in [0.2, 0.25) is 0 Å². The van der Waals surface area contributed by atoms with Gasteiger partial charge in [0.1, 0.15) is 0 Å². The first-order valence-electron chi connectivity index (χ1n) is 5.96. The lowest BCUT2D eigenvalue weighted by Crippen LogP contribution is -2.14. The van der Waals surface area contributed by atoms with Gasteiger partial charge >= 0.3 is 0 Å². The van der Waals surface area contributed by atoms with E-state index in [1.54, 1.807) is 4.52 Å². The maximum Gasteiger partial charge on any atom is 0.243 e.